The monoisotopic (exact) mass is 245 g/mol. The second-order valence-corrected chi connectivity index (χ2v) is 6.08. The number of hydrogen-bond donors (Lipinski definition) is 2. The second kappa shape index (κ2) is 3.82. The first-order valence-corrected chi connectivity index (χ1v) is 6.62. The highest BCUT2D eigenvalue weighted by Gasteiger charge is 2.38. The van der Waals surface area contributed by atoms with Crippen molar-refractivity contribution in [1.29, 1.82) is 0 Å². The quantitative estimate of drug-likeness (QED) is 0.860. The number of amides is 1. The van der Waals surface area contributed by atoms with E-state index in [1.165, 1.54) is 12.8 Å². The fourth-order valence-corrected chi connectivity index (χ4v) is 2.60. The molecular weight excluding hydrogens is 226 g/mol. The van der Waals surface area contributed by atoms with Crippen LogP contribution in [0.5, 0.6) is 0 Å². The van der Waals surface area contributed by atoms with Crippen molar-refractivity contribution < 1.29 is 9.90 Å². The molecule has 96 valence electrons. The zero-order valence-electron chi connectivity index (χ0n) is 10.9. The van der Waals surface area contributed by atoms with Crippen LogP contribution in [0.1, 0.15) is 50.3 Å². The van der Waals surface area contributed by atoms with Crippen LogP contribution in [-0.2, 0) is 10.2 Å². The Morgan fingerprint density at radius 2 is 2.17 bits per heavy atom. The highest BCUT2D eigenvalue weighted by atomic mass is 16.3. The van der Waals surface area contributed by atoms with Gasteiger partial charge in [0.15, 0.2) is 0 Å². The Kier molecular flexibility index (Phi) is 2.49. The fraction of sp³-hybridized carbons (Fsp3) is 0.533. The number of fused-ring (bicyclic) bond motifs is 1. The molecule has 0 saturated heterocycles. The summed E-state index contributed by atoms with van der Waals surface area (Å²) >= 11 is 0. The summed E-state index contributed by atoms with van der Waals surface area (Å²) < 4.78 is 0. The van der Waals surface area contributed by atoms with Gasteiger partial charge in [0.2, 0.25) is 5.91 Å². The molecule has 0 spiro atoms. The van der Waals surface area contributed by atoms with E-state index >= 15 is 0 Å². The number of carbonyl (C=O) groups excluding carboxylic acids is 1. The molecule has 2 N–H and O–H groups in total. The Morgan fingerprint density at radius 1 is 1.44 bits per heavy atom. The molecule has 1 aromatic rings. The molecule has 1 amide bonds. The Bertz CT molecular complexity index is 503. The minimum absolute atomic E-state index is 0.0336. The summed E-state index contributed by atoms with van der Waals surface area (Å²) in [5.74, 6) is 0.729. The molecule has 3 heteroatoms. The molecule has 1 aliphatic heterocycles. The van der Waals surface area contributed by atoms with Crippen molar-refractivity contribution in [2.45, 2.75) is 44.6 Å². The fourth-order valence-electron chi connectivity index (χ4n) is 2.60. The van der Waals surface area contributed by atoms with Gasteiger partial charge in [0, 0.05) is 5.69 Å². The van der Waals surface area contributed by atoms with Gasteiger partial charge in [0.05, 0.1) is 11.5 Å². The maximum atomic E-state index is 11.8. The first-order valence-electron chi connectivity index (χ1n) is 6.62. The minimum Gasteiger partial charge on any atom is -0.388 e. The molecule has 1 aliphatic carbocycles. The minimum atomic E-state index is -0.495. The van der Waals surface area contributed by atoms with Gasteiger partial charge in [-0.3, -0.25) is 4.79 Å². The van der Waals surface area contributed by atoms with E-state index in [1.54, 1.807) is 0 Å². The van der Waals surface area contributed by atoms with Gasteiger partial charge in [-0.1, -0.05) is 25.0 Å². The maximum Gasteiger partial charge on any atom is 0.234 e. The number of hydrogen-bond acceptors (Lipinski definition) is 2. The predicted octanol–water partition coefficient (Wildman–Crippen LogP) is 2.75. The molecule has 3 rings (SSSR count). The first kappa shape index (κ1) is 11.7. The average Bonchev–Trinajstić information content (AvgIpc) is 3.09. The molecular formula is C15H19NO2. The van der Waals surface area contributed by atoms with Gasteiger partial charge in [0.1, 0.15) is 0 Å². The third kappa shape index (κ3) is 1.83. The van der Waals surface area contributed by atoms with Crippen LogP contribution in [-0.4, -0.2) is 11.0 Å². The SMILES string of the molecule is CC1(C)C(=O)Nc2ccc(C(O)CC3CC3)cc21. The molecule has 1 fully saturated rings. The molecule has 18 heavy (non-hydrogen) atoms. The van der Waals surface area contributed by atoms with Crippen LogP contribution < -0.4 is 5.32 Å². The van der Waals surface area contributed by atoms with Crippen molar-refractivity contribution in [2.24, 2.45) is 5.92 Å². The smallest absolute Gasteiger partial charge is 0.234 e. The van der Waals surface area contributed by atoms with Crippen LogP contribution in [0.15, 0.2) is 18.2 Å². The van der Waals surface area contributed by atoms with Gasteiger partial charge in [-0.05, 0) is 43.4 Å². The molecule has 1 saturated carbocycles. The molecule has 1 heterocycles. The first-order chi connectivity index (χ1) is 8.48. The van der Waals surface area contributed by atoms with Crippen LogP contribution in [0.2, 0.25) is 0 Å². The molecule has 0 radical (unpaired) electrons. The number of aliphatic hydroxyl groups is 1. The number of benzene rings is 1. The normalized spacial score (nSPS) is 22.5. The Balaban J connectivity index is 1.91. The third-order valence-corrected chi connectivity index (χ3v) is 4.17. The van der Waals surface area contributed by atoms with Crippen molar-refractivity contribution >= 4 is 11.6 Å². The summed E-state index contributed by atoms with van der Waals surface area (Å²) in [6, 6.07) is 5.82. The largest absolute Gasteiger partial charge is 0.388 e. The Hall–Kier alpha value is -1.35. The van der Waals surface area contributed by atoms with Crippen LogP contribution in [0, 0.1) is 5.92 Å². The van der Waals surface area contributed by atoms with E-state index in [-0.39, 0.29) is 5.91 Å². The topological polar surface area (TPSA) is 49.3 Å². The van der Waals surface area contributed by atoms with E-state index in [0.29, 0.717) is 5.92 Å². The standard InChI is InChI=1S/C15H19NO2/c1-15(2)11-8-10(13(17)7-9-3-4-9)5-6-12(11)16-14(15)18/h5-6,8-9,13,17H,3-4,7H2,1-2H3,(H,16,18). The van der Waals surface area contributed by atoms with Crippen molar-refractivity contribution in [3.05, 3.63) is 29.3 Å². The van der Waals surface area contributed by atoms with Crippen molar-refractivity contribution in [3.8, 4) is 0 Å². The van der Waals surface area contributed by atoms with E-state index in [4.69, 9.17) is 0 Å². The Morgan fingerprint density at radius 3 is 2.83 bits per heavy atom. The highest BCUT2D eigenvalue weighted by Crippen LogP contribution is 2.41. The van der Waals surface area contributed by atoms with E-state index in [9.17, 15) is 9.90 Å². The van der Waals surface area contributed by atoms with Gasteiger partial charge in [-0.15, -0.1) is 0 Å². The molecule has 3 nitrogen and oxygen atoms in total. The summed E-state index contributed by atoms with van der Waals surface area (Å²) in [5.41, 5.74) is 2.32. The van der Waals surface area contributed by atoms with Gasteiger partial charge < -0.3 is 10.4 Å². The molecule has 1 aromatic carbocycles. The third-order valence-electron chi connectivity index (χ3n) is 4.17. The summed E-state index contributed by atoms with van der Waals surface area (Å²) in [4.78, 5) is 11.8. The lowest BCUT2D eigenvalue weighted by molar-refractivity contribution is -0.119. The Labute approximate surface area is 107 Å². The highest BCUT2D eigenvalue weighted by molar-refractivity contribution is 6.05. The van der Waals surface area contributed by atoms with Crippen molar-refractivity contribution in [1.82, 2.24) is 0 Å². The number of nitrogens with one attached hydrogen (secondary N) is 1. The molecule has 1 atom stereocenters. The summed E-state index contributed by atoms with van der Waals surface area (Å²) in [5, 5.41) is 13.1. The lowest BCUT2D eigenvalue weighted by atomic mass is 9.84. The summed E-state index contributed by atoms with van der Waals surface area (Å²) in [7, 11) is 0. The predicted molar refractivity (Wildman–Crippen MR) is 70.4 cm³/mol. The zero-order valence-corrected chi connectivity index (χ0v) is 10.9. The van der Waals surface area contributed by atoms with E-state index in [1.807, 2.05) is 32.0 Å². The van der Waals surface area contributed by atoms with Crippen LogP contribution in [0.4, 0.5) is 5.69 Å². The maximum absolute atomic E-state index is 11.8. The number of anilines is 1. The molecule has 0 bridgehead atoms. The van der Waals surface area contributed by atoms with Crippen molar-refractivity contribution in [3.63, 3.8) is 0 Å². The van der Waals surface area contributed by atoms with E-state index < -0.39 is 11.5 Å². The van der Waals surface area contributed by atoms with Gasteiger partial charge >= 0.3 is 0 Å². The molecule has 1 unspecified atom stereocenters. The zero-order chi connectivity index (χ0) is 12.9. The van der Waals surface area contributed by atoms with Crippen LogP contribution in [0.3, 0.4) is 0 Å². The number of aliphatic hydroxyl groups excluding tert-OH is 1. The van der Waals surface area contributed by atoms with Crippen LogP contribution in [0.25, 0.3) is 0 Å². The molecule has 2 aliphatic rings. The van der Waals surface area contributed by atoms with Gasteiger partial charge in [0.25, 0.3) is 0 Å². The van der Waals surface area contributed by atoms with Crippen molar-refractivity contribution in [2.75, 3.05) is 5.32 Å². The number of carbonyl (C=O) groups is 1. The van der Waals surface area contributed by atoms with E-state index in [0.717, 1.165) is 23.2 Å². The van der Waals surface area contributed by atoms with Gasteiger partial charge in [-0.2, -0.15) is 0 Å². The molecule has 0 aromatic heterocycles. The lowest BCUT2D eigenvalue weighted by Crippen LogP contribution is -2.26. The van der Waals surface area contributed by atoms with E-state index in [2.05, 4.69) is 5.32 Å². The lowest BCUT2D eigenvalue weighted by Gasteiger charge is -2.17. The summed E-state index contributed by atoms with van der Waals surface area (Å²) in [6.07, 6.45) is 2.94. The van der Waals surface area contributed by atoms with Crippen LogP contribution >= 0.6 is 0 Å². The summed E-state index contributed by atoms with van der Waals surface area (Å²) in [6.45, 7) is 3.84. The number of rotatable bonds is 3. The average molecular weight is 245 g/mol. The second-order valence-electron chi connectivity index (χ2n) is 6.08. The van der Waals surface area contributed by atoms with Gasteiger partial charge in [-0.25, -0.2) is 0 Å².